The maximum Gasteiger partial charge on any atom is 0.252 e. The molecule has 1 amide bonds. The number of nitrogens with one attached hydrogen (secondary N) is 1. The number of pyridine rings is 2. The number of ether oxygens (including phenoxy) is 1. The summed E-state index contributed by atoms with van der Waals surface area (Å²) in [6.45, 7) is 3.63. The molecule has 132 valence electrons. The van der Waals surface area contributed by atoms with Gasteiger partial charge in [-0.05, 0) is 29.8 Å². The molecule has 1 aliphatic rings. The predicted octanol–water partition coefficient (Wildman–Crippen LogP) is 2.40. The van der Waals surface area contributed by atoms with Gasteiger partial charge in [0.1, 0.15) is 5.82 Å². The van der Waals surface area contributed by atoms with Crippen molar-refractivity contribution in [3.8, 4) is 0 Å². The van der Waals surface area contributed by atoms with Crippen LogP contribution in [0.1, 0.15) is 15.9 Å². The molecule has 1 fully saturated rings. The maximum atomic E-state index is 12.6. The highest BCUT2D eigenvalue weighted by atomic mass is 16.5. The summed E-state index contributed by atoms with van der Waals surface area (Å²) in [5.41, 5.74) is 2.42. The lowest BCUT2D eigenvalue weighted by molar-refractivity contribution is 0.0952. The Morgan fingerprint density at radius 2 is 1.96 bits per heavy atom. The molecule has 0 bridgehead atoms. The van der Waals surface area contributed by atoms with Crippen LogP contribution in [0.15, 0.2) is 54.9 Å². The van der Waals surface area contributed by atoms with Gasteiger partial charge in [-0.2, -0.15) is 0 Å². The monoisotopic (exact) mass is 348 g/mol. The molecule has 0 atom stereocenters. The number of hydrogen-bond donors (Lipinski definition) is 1. The molecule has 6 nitrogen and oxygen atoms in total. The second kappa shape index (κ2) is 7.49. The van der Waals surface area contributed by atoms with E-state index in [-0.39, 0.29) is 5.91 Å². The van der Waals surface area contributed by atoms with Gasteiger partial charge in [0.15, 0.2) is 0 Å². The molecule has 0 aliphatic carbocycles. The molecule has 6 heteroatoms. The van der Waals surface area contributed by atoms with Gasteiger partial charge in [-0.1, -0.05) is 18.2 Å². The molecule has 1 aromatic carbocycles. The number of nitrogens with zero attached hydrogens (tertiary/aromatic N) is 3. The third-order valence-corrected chi connectivity index (χ3v) is 4.49. The molecule has 0 saturated carbocycles. The molecule has 4 rings (SSSR count). The van der Waals surface area contributed by atoms with E-state index >= 15 is 0 Å². The van der Waals surface area contributed by atoms with Crippen LogP contribution in [0.3, 0.4) is 0 Å². The Balaban J connectivity index is 1.42. The Labute approximate surface area is 151 Å². The van der Waals surface area contributed by atoms with Crippen LogP contribution in [0.25, 0.3) is 10.9 Å². The summed E-state index contributed by atoms with van der Waals surface area (Å²) in [4.78, 5) is 23.6. The van der Waals surface area contributed by atoms with Crippen LogP contribution in [-0.4, -0.2) is 42.2 Å². The number of anilines is 1. The van der Waals surface area contributed by atoms with Gasteiger partial charge in [0, 0.05) is 43.0 Å². The predicted molar refractivity (Wildman–Crippen MR) is 100 cm³/mol. The van der Waals surface area contributed by atoms with Crippen molar-refractivity contribution in [3.05, 3.63) is 66.0 Å². The van der Waals surface area contributed by atoms with E-state index in [4.69, 9.17) is 4.74 Å². The Hall–Kier alpha value is -2.99. The van der Waals surface area contributed by atoms with E-state index in [2.05, 4.69) is 20.2 Å². The zero-order valence-corrected chi connectivity index (χ0v) is 14.4. The van der Waals surface area contributed by atoms with Crippen molar-refractivity contribution >= 4 is 22.6 Å². The largest absolute Gasteiger partial charge is 0.378 e. The number of hydrogen-bond acceptors (Lipinski definition) is 5. The molecular formula is C20H20N4O2. The van der Waals surface area contributed by atoms with Crippen LogP contribution in [0.4, 0.5) is 5.82 Å². The van der Waals surface area contributed by atoms with Crippen LogP contribution in [0, 0.1) is 0 Å². The SMILES string of the molecule is O=C(NCc1ccc(N2CCOCC2)nc1)c1cccc2ncccc12. The molecule has 3 aromatic rings. The number of fused-ring (bicyclic) bond motifs is 1. The second-order valence-corrected chi connectivity index (χ2v) is 6.18. The van der Waals surface area contributed by atoms with Crippen LogP contribution in [-0.2, 0) is 11.3 Å². The quantitative estimate of drug-likeness (QED) is 0.784. The second-order valence-electron chi connectivity index (χ2n) is 6.18. The number of carbonyl (C=O) groups excluding carboxylic acids is 1. The summed E-state index contributed by atoms with van der Waals surface area (Å²) in [7, 11) is 0. The van der Waals surface area contributed by atoms with E-state index < -0.39 is 0 Å². The molecule has 26 heavy (non-hydrogen) atoms. The highest BCUT2D eigenvalue weighted by Crippen LogP contribution is 2.17. The normalized spacial score (nSPS) is 14.4. The van der Waals surface area contributed by atoms with Gasteiger partial charge in [0.2, 0.25) is 0 Å². The fourth-order valence-corrected chi connectivity index (χ4v) is 3.08. The molecule has 0 radical (unpaired) electrons. The molecule has 1 saturated heterocycles. The van der Waals surface area contributed by atoms with Crippen LogP contribution in [0.2, 0.25) is 0 Å². The number of benzene rings is 1. The minimum absolute atomic E-state index is 0.110. The van der Waals surface area contributed by atoms with Gasteiger partial charge in [-0.25, -0.2) is 4.98 Å². The first kappa shape index (κ1) is 16.5. The fourth-order valence-electron chi connectivity index (χ4n) is 3.08. The Bertz CT molecular complexity index is 900. The van der Waals surface area contributed by atoms with E-state index in [0.717, 1.165) is 48.6 Å². The third kappa shape index (κ3) is 3.50. The van der Waals surface area contributed by atoms with Gasteiger partial charge in [-0.15, -0.1) is 0 Å². The van der Waals surface area contributed by atoms with Crippen LogP contribution >= 0.6 is 0 Å². The number of rotatable bonds is 4. The average molecular weight is 348 g/mol. The summed E-state index contributed by atoms with van der Waals surface area (Å²) < 4.78 is 5.36. The van der Waals surface area contributed by atoms with E-state index in [1.807, 2.05) is 48.7 Å². The van der Waals surface area contributed by atoms with Crippen molar-refractivity contribution in [1.29, 1.82) is 0 Å². The lowest BCUT2D eigenvalue weighted by Gasteiger charge is -2.27. The van der Waals surface area contributed by atoms with Crippen molar-refractivity contribution < 1.29 is 9.53 Å². The van der Waals surface area contributed by atoms with E-state index in [9.17, 15) is 4.79 Å². The van der Waals surface area contributed by atoms with Gasteiger partial charge in [0.05, 0.1) is 18.7 Å². The van der Waals surface area contributed by atoms with E-state index in [1.54, 1.807) is 6.20 Å². The lowest BCUT2D eigenvalue weighted by Crippen LogP contribution is -2.36. The molecule has 1 N–H and O–H groups in total. The number of carbonyl (C=O) groups is 1. The zero-order chi connectivity index (χ0) is 17.8. The maximum absolute atomic E-state index is 12.6. The highest BCUT2D eigenvalue weighted by molar-refractivity contribution is 6.06. The minimum Gasteiger partial charge on any atom is -0.378 e. The standard InChI is InChI=1S/C20H20N4O2/c25-20(17-3-1-5-18-16(17)4-2-8-21-18)23-14-15-6-7-19(22-13-15)24-9-11-26-12-10-24/h1-8,13H,9-12,14H2,(H,23,25). The number of morpholine rings is 1. The lowest BCUT2D eigenvalue weighted by atomic mass is 10.1. The first-order valence-corrected chi connectivity index (χ1v) is 8.71. The molecule has 2 aromatic heterocycles. The summed E-state index contributed by atoms with van der Waals surface area (Å²) >= 11 is 0. The first-order valence-electron chi connectivity index (χ1n) is 8.71. The summed E-state index contributed by atoms with van der Waals surface area (Å²) in [5, 5.41) is 3.82. The number of amides is 1. The first-order chi connectivity index (χ1) is 12.8. The van der Waals surface area contributed by atoms with Crippen LogP contribution in [0.5, 0.6) is 0 Å². The molecule has 3 heterocycles. The number of aromatic nitrogens is 2. The van der Waals surface area contributed by atoms with Gasteiger partial charge >= 0.3 is 0 Å². The van der Waals surface area contributed by atoms with Crippen molar-refractivity contribution in [2.75, 3.05) is 31.2 Å². The zero-order valence-electron chi connectivity index (χ0n) is 14.4. The van der Waals surface area contributed by atoms with E-state index in [1.165, 1.54) is 0 Å². The summed E-state index contributed by atoms with van der Waals surface area (Å²) in [6, 6.07) is 13.3. The van der Waals surface area contributed by atoms with Gasteiger partial charge in [-0.3, -0.25) is 9.78 Å². The Kier molecular flexibility index (Phi) is 4.75. The van der Waals surface area contributed by atoms with Crippen molar-refractivity contribution in [2.24, 2.45) is 0 Å². The summed E-state index contributed by atoms with van der Waals surface area (Å²) in [5.74, 6) is 0.837. The van der Waals surface area contributed by atoms with Crippen LogP contribution < -0.4 is 10.2 Å². The fraction of sp³-hybridized carbons (Fsp3) is 0.250. The van der Waals surface area contributed by atoms with Crippen molar-refractivity contribution in [2.45, 2.75) is 6.54 Å². The summed E-state index contributed by atoms with van der Waals surface area (Å²) in [6.07, 6.45) is 3.54. The Morgan fingerprint density at radius 3 is 2.77 bits per heavy atom. The van der Waals surface area contributed by atoms with Gasteiger partial charge in [0.25, 0.3) is 5.91 Å². The highest BCUT2D eigenvalue weighted by Gasteiger charge is 2.13. The van der Waals surface area contributed by atoms with Gasteiger partial charge < -0.3 is 15.0 Å². The molecular weight excluding hydrogens is 328 g/mol. The van der Waals surface area contributed by atoms with E-state index in [0.29, 0.717) is 12.1 Å². The Morgan fingerprint density at radius 1 is 1.08 bits per heavy atom. The average Bonchev–Trinajstić information content (AvgIpc) is 2.72. The third-order valence-electron chi connectivity index (χ3n) is 4.49. The van der Waals surface area contributed by atoms with Crippen molar-refractivity contribution in [3.63, 3.8) is 0 Å². The molecule has 0 spiro atoms. The molecule has 1 aliphatic heterocycles. The van der Waals surface area contributed by atoms with Crippen molar-refractivity contribution in [1.82, 2.24) is 15.3 Å². The molecule has 0 unspecified atom stereocenters. The topological polar surface area (TPSA) is 67.4 Å². The smallest absolute Gasteiger partial charge is 0.252 e. The minimum atomic E-state index is -0.110.